The number of rotatable bonds is 0. The van der Waals surface area contributed by atoms with Crippen molar-refractivity contribution in [2.75, 3.05) is 0 Å². The van der Waals surface area contributed by atoms with Crippen molar-refractivity contribution >= 4 is 76.7 Å². The second kappa shape index (κ2) is 5.85. The maximum atomic E-state index is 12.4. The van der Waals surface area contributed by atoms with Crippen LogP contribution in [0.2, 0.25) is 0 Å². The van der Waals surface area contributed by atoms with Crippen molar-refractivity contribution in [1.82, 2.24) is 0 Å². The van der Waals surface area contributed by atoms with Crippen molar-refractivity contribution in [2.45, 2.75) is 0 Å². The summed E-state index contributed by atoms with van der Waals surface area (Å²) in [5.74, 6) is -0.947. The van der Waals surface area contributed by atoms with Crippen LogP contribution in [0.25, 0.3) is 49.2 Å². The smallest absolute Gasteiger partial charge is 0.240 e. The maximum absolute atomic E-state index is 12.4. The third-order valence-electron chi connectivity index (χ3n) is 5.73. The maximum Gasteiger partial charge on any atom is 0.240 e. The van der Waals surface area contributed by atoms with Crippen LogP contribution in [0.3, 0.4) is 0 Å². The Morgan fingerprint density at radius 1 is 0.517 bits per heavy atom. The first kappa shape index (κ1) is 16.6. The van der Waals surface area contributed by atoms with E-state index >= 15 is 0 Å². The van der Waals surface area contributed by atoms with Crippen molar-refractivity contribution in [1.29, 1.82) is 0 Å². The largest absolute Gasteiger partial charge is 0.285 e. The van der Waals surface area contributed by atoms with E-state index in [1.807, 2.05) is 12.1 Å². The number of hydrogen-bond acceptors (Lipinski definition) is 2. The average molecular weight is 437 g/mol. The van der Waals surface area contributed by atoms with Crippen LogP contribution in [0.15, 0.2) is 77.3 Å². The summed E-state index contributed by atoms with van der Waals surface area (Å²) in [7, 11) is 0. The zero-order valence-electron chi connectivity index (χ0n) is 15.2. The second-order valence-electron chi connectivity index (χ2n) is 7.54. The van der Waals surface area contributed by atoms with E-state index in [0.29, 0.717) is 10.0 Å². The van der Waals surface area contributed by atoms with Gasteiger partial charge in [0, 0.05) is 5.56 Å². The third kappa shape index (κ3) is 2.48. The van der Waals surface area contributed by atoms with E-state index in [2.05, 4.69) is 76.6 Å². The van der Waals surface area contributed by atoms with Crippen molar-refractivity contribution < 1.29 is 9.59 Å². The summed E-state index contributed by atoms with van der Waals surface area (Å²) in [6, 6.07) is 25.3. The average Bonchev–Trinajstić information content (AvgIpc) is 2.72. The number of hydrogen-bond donors (Lipinski definition) is 0. The lowest BCUT2D eigenvalue weighted by Crippen LogP contribution is -2.18. The molecule has 136 valence electrons. The Kier molecular flexibility index (Phi) is 3.36. The van der Waals surface area contributed by atoms with E-state index < -0.39 is 11.6 Å². The summed E-state index contributed by atoms with van der Waals surface area (Å²) < 4.78 is 0.313. The van der Waals surface area contributed by atoms with Gasteiger partial charge >= 0.3 is 0 Å². The first-order chi connectivity index (χ1) is 14.1. The highest BCUT2D eigenvalue weighted by molar-refractivity contribution is 9.12. The molecular formula is C26H13BrO2. The van der Waals surface area contributed by atoms with Gasteiger partial charge < -0.3 is 0 Å². The normalized spacial score (nSPS) is 14.0. The first-order valence-corrected chi connectivity index (χ1v) is 10.2. The predicted molar refractivity (Wildman–Crippen MR) is 123 cm³/mol. The Hall–Kier alpha value is -3.30. The van der Waals surface area contributed by atoms with E-state index in [0.717, 1.165) is 27.1 Å². The molecule has 0 saturated carbocycles. The molecule has 0 unspecified atom stereocenters. The summed E-state index contributed by atoms with van der Waals surface area (Å²) in [4.78, 5) is 24.4. The van der Waals surface area contributed by atoms with Gasteiger partial charge in [-0.05, 0) is 119 Å². The SMILES string of the molecule is O=C1C(=O)c2cc3cc4cc5cc6ccccc6cc5cc4cc3cc2C=C1Br. The first-order valence-electron chi connectivity index (χ1n) is 9.37. The summed E-state index contributed by atoms with van der Waals surface area (Å²) >= 11 is 3.21. The molecule has 0 fully saturated rings. The minimum absolute atomic E-state index is 0.313. The zero-order valence-corrected chi connectivity index (χ0v) is 16.8. The minimum atomic E-state index is -0.490. The molecule has 5 aromatic carbocycles. The number of carbonyl (C=O) groups excluding carboxylic acids is 2. The fourth-order valence-corrected chi connectivity index (χ4v) is 4.69. The topological polar surface area (TPSA) is 34.1 Å². The minimum Gasteiger partial charge on any atom is -0.285 e. The van der Waals surface area contributed by atoms with E-state index in [9.17, 15) is 9.59 Å². The number of benzene rings is 5. The number of halogens is 1. The molecule has 0 spiro atoms. The fraction of sp³-hybridized carbons (Fsp3) is 0. The van der Waals surface area contributed by atoms with E-state index in [1.165, 1.54) is 21.5 Å². The van der Waals surface area contributed by atoms with Gasteiger partial charge in [-0.2, -0.15) is 0 Å². The van der Waals surface area contributed by atoms with Crippen molar-refractivity contribution in [3.63, 3.8) is 0 Å². The van der Waals surface area contributed by atoms with E-state index in [-0.39, 0.29) is 0 Å². The van der Waals surface area contributed by atoms with Crippen molar-refractivity contribution in [2.24, 2.45) is 0 Å². The van der Waals surface area contributed by atoms with Crippen molar-refractivity contribution in [3.05, 3.63) is 88.4 Å². The zero-order chi connectivity index (χ0) is 19.7. The Bertz CT molecular complexity index is 1590. The summed E-state index contributed by atoms with van der Waals surface area (Å²) in [5, 5.41) is 9.12. The molecule has 0 N–H and O–H groups in total. The summed E-state index contributed by atoms with van der Waals surface area (Å²) in [6.45, 7) is 0. The molecule has 6 rings (SSSR count). The molecule has 0 radical (unpaired) electrons. The predicted octanol–water partition coefficient (Wildman–Crippen LogP) is 6.80. The highest BCUT2D eigenvalue weighted by Crippen LogP contribution is 2.33. The molecule has 5 aromatic rings. The number of carbonyl (C=O) groups is 2. The monoisotopic (exact) mass is 436 g/mol. The molecule has 1 aliphatic carbocycles. The van der Waals surface area contributed by atoms with Gasteiger partial charge in [0.2, 0.25) is 11.6 Å². The number of Topliss-reactive ketones (excluding diaryl/α,β-unsaturated/α-hetero) is 2. The van der Waals surface area contributed by atoms with Gasteiger partial charge in [0.25, 0.3) is 0 Å². The second-order valence-corrected chi connectivity index (χ2v) is 8.39. The molecule has 1 aliphatic rings. The molecule has 0 saturated heterocycles. The van der Waals surface area contributed by atoms with Crippen LogP contribution in [0.4, 0.5) is 0 Å². The van der Waals surface area contributed by atoms with Crippen molar-refractivity contribution in [3.8, 4) is 0 Å². The molecule has 29 heavy (non-hydrogen) atoms. The van der Waals surface area contributed by atoms with Gasteiger partial charge in [0.05, 0.1) is 4.48 Å². The van der Waals surface area contributed by atoms with Crippen LogP contribution < -0.4 is 0 Å². The Labute approximate surface area is 174 Å². The summed E-state index contributed by atoms with van der Waals surface area (Å²) in [5.41, 5.74) is 1.25. The fourth-order valence-electron chi connectivity index (χ4n) is 4.26. The molecule has 2 nitrogen and oxygen atoms in total. The van der Waals surface area contributed by atoms with Gasteiger partial charge in [-0.3, -0.25) is 9.59 Å². The van der Waals surface area contributed by atoms with E-state index in [1.54, 1.807) is 6.08 Å². The lowest BCUT2D eigenvalue weighted by atomic mass is 9.90. The van der Waals surface area contributed by atoms with Gasteiger partial charge in [-0.1, -0.05) is 24.3 Å². The Morgan fingerprint density at radius 2 is 0.966 bits per heavy atom. The highest BCUT2D eigenvalue weighted by Gasteiger charge is 2.26. The molecular weight excluding hydrogens is 424 g/mol. The summed E-state index contributed by atoms with van der Waals surface area (Å²) in [6.07, 6.45) is 1.73. The quantitative estimate of drug-likeness (QED) is 0.197. The molecule has 0 heterocycles. The third-order valence-corrected chi connectivity index (χ3v) is 6.32. The van der Waals surface area contributed by atoms with Gasteiger partial charge in [0.15, 0.2) is 0 Å². The number of ketones is 2. The Balaban J connectivity index is 1.66. The molecule has 3 heteroatoms. The van der Waals surface area contributed by atoms with E-state index in [4.69, 9.17) is 0 Å². The van der Waals surface area contributed by atoms with Crippen LogP contribution in [0.1, 0.15) is 15.9 Å². The standard InChI is InChI=1S/C26H13BrO2/c27-24-13-22-11-20-9-18-7-16-5-14-3-1-2-4-15(14)6-17(16)8-19(18)10-21(20)12-23(22)25(28)26(24)29/h1-13H. The lowest BCUT2D eigenvalue weighted by Gasteiger charge is -2.13. The lowest BCUT2D eigenvalue weighted by molar-refractivity contribution is -0.111. The number of fused-ring (bicyclic) bond motifs is 5. The molecule has 0 aromatic heterocycles. The van der Waals surface area contributed by atoms with Crippen LogP contribution in [0, 0.1) is 0 Å². The van der Waals surface area contributed by atoms with Gasteiger partial charge in [-0.15, -0.1) is 0 Å². The number of allylic oxidation sites excluding steroid dienone is 1. The van der Waals surface area contributed by atoms with Crippen LogP contribution in [-0.2, 0) is 4.79 Å². The molecule has 0 aliphatic heterocycles. The molecule has 0 amide bonds. The van der Waals surface area contributed by atoms with Crippen LogP contribution in [-0.4, -0.2) is 11.6 Å². The Morgan fingerprint density at radius 3 is 1.52 bits per heavy atom. The van der Waals surface area contributed by atoms with Crippen LogP contribution in [0.5, 0.6) is 0 Å². The van der Waals surface area contributed by atoms with Gasteiger partial charge in [0.1, 0.15) is 0 Å². The highest BCUT2D eigenvalue weighted by atomic mass is 79.9. The molecule has 0 bridgehead atoms. The molecule has 0 atom stereocenters. The van der Waals surface area contributed by atoms with Crippen LogP contribution >= 0.6 is 15.9 Å². The van der Waals surface area contributed by atoms with Gasteiger partial charge in [-0.25, -0.2) is 0 Å².